The highest BCUT2D eigenvalue weighted by molar-refractivity contribution is 5.95. The number of aromatic carboxylic acids is 1. The van der Waals surface area contributed by atoms with Gasteiger partial charge in [0.2, 0.25) is 0 Å². The molecule has 1 unspecified atom stereocenters. The second-order valence-corrected chi connectivity index (χ2v) is 9.27. The molecule has 1 atom stereocenters. The van der Waals surface area contributed by atoms with Gasteiger partial charge in [-0.3, -0.25) is 4.79 Å². The predicted molar refractivity (Wildman–Crippen MR) is 120 cm³/mol. The van der Waals surface area contributed by atoms with Crippen LogP contribution in [-0.4, -0.2) is 27.3 Å². The van der Waals surface area contributed by atoms with Gasteiger partial charge in [0.25, 0.3) is 0 Å². The number of rotatable bonds is 6. The number of ether oxygens (including phenoxy) is 1. The Labute approximate surface area is 181 Å². The molecule has 31 heavy (non-hydrogen) atoms. The van der Waals surface area contributed by atoms with Crippen molar-refractivity contribution in [2.75, 3.05) is 7.11 Å². The number of aromatic nitrogens is 2. The van der Waals surface area contributed by atoms with Crippen molar-refractivity contribution < 1.29 is 14.6 Å². The fourth-order valence-electron chi connectivity index (χ4n) is 5.01. The van der Waals surface area contributed by atoms with E-state index >= 15 is 0 Å². The maximum atomic E-state index is 12.6. The molecule has 2 aliphatic rings. The van der Waals surface area contributed by atoms with E-state index in [-0.39, 0.29) is 17.5 Å². The first-order valence-electron chi connectivity index (χ1n) is 11.1. The fraction of sp³-hybridized carbons (Fsp3) is 0.440. The summed E-state index contributed by atoms with van der Waals surface area (Å²) in [6.45, 7) is 5.26. The number of carboxylic acids is 1. The molecule has 0 spiro atoms. The number of hydrogen-bond donors (Lipinski definition) is 1. The summed E-state index contributed by atoms with van der Waals surface area (Å²) in [6.07, 6.45) is 8.32. The van der Waals surface area contributed by atoms with Crippen LogP contribution in [0.3, 0.4) is 0 Å². The molecule has 6 nitrogen and oxygen atoms in total. The predicted octanol–water partition coefficient (Wildman–Crippen LogP) is 4.73. The number of hydrogen-bond acceptors (Lipinski definition) is 3. The number of fused-ring (bicyclic) bond motifs is 5. The maximum absolute atomic E-state index is 12.6. The SMILES string of the molecule is COc1cc2c(c3ccn(CCC4CC4)c13)CC(C(C)C)n1cc(C(=O)O)c(=O)cc1-2. The third-order valence-corrected chi connectivity index (χ3v) is 6.94. The van der Waals surface area contributed by atoms with Crippen LogP contribution in [0.1, 0.15) is 55.1 Å². The Kier molecular flexibility index (Phi) is 4.68. The summed E-state index contributed by atoms with van der Waals surface area (Å²) in [7, 11) is 1.68. The normalized spacial score (nSPS) is 17.6. The van der Waals surface area contributed by atoms with Crippen molar-refractivity contribution in [3.63, 3.8) is 0 Å². The van der Waals surface area contributed by atoms with Gasteiger partial charge in [0.15, 0.2) is 5.43 Å². The Balaban J connectivity index is 1.73. The lowest BCUT2D eigenvalue weighted by atomic mass is 9.85. The van der Waals surface area contributed by atoms with E-state index in [4.69, 9.17) is 4.74 Å². The van der Waals surface area contributed by atoms with Crippen LogP contribution in [0.15, 0.2) is 35.4 Å². The van der Waals surface area contributed by atoms with Crippen LogP contribution in [0.2, 0.25) is 0 Å². The Hall–Kier alpha value is -3.02. The molecule has 5 rings (SSSR count). The lowest BCUT2D eigenvalue weighted by molar-refractivity contribution is 0.0694. The monoisotopic (exact) mass is 420 g/mol. The molecular formula is C25H28N2O4. The molecule has 0 radical (unpaired) electrons. The van der Waals surface area contributed by atoms with Gasteiger partial charge in [-0.15, -0.1) is 0 Å². The highest BCUT2D eigenvalue weighted by atomic mass is 16.5. The maximum Gasteiger partial charge on any atom is 0.341 e. The minimum atomic E-state index is -1.19. The molecule has 1 N–H and O–H groups in total. The van der Waals surface area contributed by atoms with Gasteiger partial charge in [0.05, 0.1) is 18.3 Å². The van der Waals surface area contributed by atoms with E-state index in [1.54, 1.807) is 7.11 Å². The smallest absolute Gasteiger partial charge is 0.341 e. The zero-order chi connectivity index (χ0) is 21.9. The van der Waals surface area contributed by atoms with Gasteiger partial charge in [-0.1, -0.05) is 26.7 Å². The average molecular weight is 421 g/mol. The lowest BCUT2D eigenvalue weighted by Crippen LogP contribution is -2.28. The van der Waals surface area contributed by atoms with Gasteiger partial charge in [0, 0.05) is 42.0 Å². The highest BCUT2D eigenvalue weighted by Crippen LogP contribution is 2.44. The van der Waals surface area contributed by atoms with E-state index in [0.717, 1.165) is 46.8 Å². The molecule has 1 fully saturated rings. The molecule has 1 aliphatic heterocycles. The van der Waals surface area contributed by atoms with E-state index in [9.17, 15) is 14.7 Å². The number of carboxylic acid groups (broad SMARTS) is 1. The molecule has 3 aromatic rings. The van der Waals surface area contributed by atoms with Gasteiger partial charge < -0.3 is 19.0 Å². The number of benzene rings is 1. The second kappa shape index (κ2) is 7.29. The van der Waals surface area contributed by atoms with Crippen LogP contribution in [0, 0.1) is 11.8 Å². The summed E-state index contributed by atoms with van der Waals surface area (Å²) in [5.74, 6) is 0.743. The summed E-state index contributed by atoms with van der Waals surface area (Å²) < 4.78 is 10.1. The molecule has 1 saturated carbocycles. The fourth-order valence-corrected chi connectivity index (χ4v) is 5.01. The minimum Gasteiger partial charge on any atom is -0.495 e. The third kappa shape index (κ3) is 3.25. The summed E-state index contributed by atoms with van der Waals surface area (Å²) in [5.41, 5.74) is 3.40. The van der Waals surface area contributed by atoms with Crippen LogP contribution < -0.4 is 10.2 Å². The van der Waals surface area contributed by atoms with Crippen LogP contribution in [0.25, 0.3) is 22.2 Å². The number of aryl methyl sites for hydroxylation is 1. The topological polar surface area (TPSA) is 73.5 Å². The average Bonchev–Trinajstić information content (AvgIpc) is 3.47. The molecule has 0 bridgehead atoms. The molecule has 2 aromatic heterocycles. The van der Waals surface area contributed by atoms with Gasteiger partial charge in [-0.2, -0.15) is 0 Å². The molecule has 1 aromatic carbocycles. The molecule has 1 aliphatic carbocycles. The van der Waals surface area contributed by atoms with E-state index < -0.39 is 11.4 Å². The van der Waals surface area contributed by atoms with Gasteiger partial charge >= 0.3 is 5.97 Å². The molecule has 6 heteroatoms. The van der Waals surface area contributed by atoms with Crippen molar-refractivity contribution in [1.29, 1.82) is 0 Å². The zero-order valence-corrected chi connectivity index (χ0v) is 18.2. The molecule has 3 heterocycles. The summed E-state index contributed by atoms with van der Waals surface area (Å²) in [6, 6.07) is 5.74. The molecule has 162 valence electrons. The standard InChI is InChI=1S/C25H28N2O4/c1-14(2)20-10-17-16-7-9-26(8-6-15-4-5-15)24(16)23(31-3)11-18(17)21-12-22(28)19(25(29)30)13-27(20)21/h7,9,11-15,20H,4-6,8,10H2,1-3H3,(H,29,30). The largest absolute Gasteiger partial charge is 0.495 e. The first kappa shape index (κ1) is 19.9. The van der Waals surface area contributed by atoms with Gasteiger partial charge in [-0.05, 0) is 42.4 Å². The number of carbonyl (C=O) groups is 1. The van der Waals surface area contributed by atoms with Crippen molar-refractivity contribution in [1.82, 2.24) is 9.13 Å². The van der Waals surface area contributed by atoms with Crippen molar-refractivity contribution in [3.05, 3.63) is 51.9 Å². The Morgan fingerprint density at radius 3 is 2.71 bits per heavy atom. The molecule has 0 saturated heterocycles. The third-order valence-electron chi connectivity index (χ3n) is 6.94. The lowest BCUT2D eigenvalue weighted by Gasteiger charge is -2.34. The first-order chi connectivity index (χ1) is 14.9. The van der Waals surface area contributed by atoms with Gasteiger partial charge in [-0.25, -0.2) is 4.79 Å². The first-order valence-corrected chi connectivity index (χ1v) is 11.1. The van der Waals surface area contributed by atoms with E-state index in [1.165, 1.54) is 37.1 Å². The minimum absolute atomic E-state index is 0.0765. The quantitative estimate of drug-likeness (QED) is 0.626. The van der Waals surface area contributed by atoms with Crippen molar-refractivity contribution in [2.45, 2.75) is 52.1 Å². The van der Waals surface area contributed by atoms with E-state index in [1.807, 2.05) is 10.6 Å². The van der Waals surface area contributed by atoms with Crippen molar-refractivity contribution in [2.24, 2.45) is 11.8 Å². The zero-order valence-electron chi connectivity index (χ0n) is 18.2. The second-order valence-electron chi connectivity index (χ2n) is 9.27. The number of pyridine rings is 1. The van der Waals surface area contributed by atoms with Crippen molar-refractivity contribution in [3.8, 4) is 17.0 Å². The van der Waals surface area contributed by atoms with Crippen LogP contribution in [-0.2, 0) is 13.0 Å². The summed E-state index contributed by atoms with van der Waals surface area (Å²) in [4.78, 5) is 24.2. The summed E-state index contributed by atoms with van der Waals surface area (Å²) in [5, 5.41) is 10.6. The van der Waals surface area contributed by atoms with Crippen molar-refractivity contribution >= 4 is 16.9 Å². The summed E-state index contributed by atoms with van der Waals surface area (Å²) >= 11 is 0. The Morgan fingerprint density at radius 1 is 1.29 bits per heavy atom. The van der Waals surface area contributed by atoms with E-state index in [2.05, 4.69) is 30.7 Å². The number of methoxy groups -OCH3 is 1. The Morgan fingerprint density at radius 2 is 2.06 bits per heavy atom. The van der Waals surface area contributed by atoms with Gasteiger partial charge in [0.1, 0.15) is 11.3 Å². The number of nitrogens with zero attached hydrogens (tertiary/aromatic N) is 2. The molecular weight excluding hydrogens is 392 g/mol. The Bertz CT molecular complexity index is 1250. The van der Waals surface area contributed by atoms with Crippen LogP contribution in [0.5, 0.6) is 5.75 Å². The van der Waals surface area contributed by atoms with Crippen LogP contribution >= 0.6 is 0 Å². The highest BCUT2D eigenvalue weighted by Gasteiger charge is 2.31. The van der Waals surface area contributed by atoms with Crippen LogP contribution in [0.4, 0.5) is 0 Å². The molecule has 0 amide bonds. The van der Waals surface area contributed by atoms with E-state index in [0.29, 0.717) is 0 Å².